The molecule has 0 aliphatic rings. The highest BCUT2D eigenvalue weighted by atomic mass is 15.1. The summed E-state index contributed by atoms with van der Waals surface area (Å²) < 4.78 is 0. The third-order valence-electron chi connectivity index (χ3n) is 2.46. The Balaban J connectivity index is 0. The number of hydrogen-bond donors (Lipinski definition) is 0. The third kappa shape index (κ3) is 24.9. The van der Waals surface area contributed by atoms with Crippen LogP contribution in [0.2, 0.25) is 0 Å². The summed E-state index contributed by atoms with van der Waals surface area (Å²) in [5.74, 6) is 0. The predicted molar refractivity (Wildman–Crippen MR) is 83.5 cm³/mol. The molecule has 0 saturated carbocycles. The number of rotatable bonds is 8. The summed E-state index contributed by atoms with van der Waals surface area (Å²) in [5.41, 5.74) is 0. The van der Waals surface area contributed by atoms with Crippen LogP contribution in [0, 0.1) is 0 Å². The Morgan fingerprint density at radius 3 is 0.778 bits per heavy atom. The second-order valence-electron chi connectivity index (χ2n) is 5.92. The first kappa shape index (κ1) is 20.2. The van der Waals surface area contributed by atoms with E-state index in [1.165, 1.54) is 25.9 Å². The van der Waals surface area contributed by atoms with Gasteiger partial charge in [0.25, 0.3) is 0 Å². The molecule has 0 spiro atoms. The molecule has 0 aromatic heterocycles. The van der Waals surface area contributed by atoms with Gasteiger partial charge in [-0.3, -0.25) is 0 Å². The Bertz CT molecular complexity index is 138. The molecule has 0 amide bonds. The number of hydrogen-bond acceptors (Lipinski definition) is 4. The lowest BCUT2D eigenvalue weighted by Gasteiger charge is -2.13. The van der Waals surface area contributed by atoms with Crippen molar-refractivity contribution in [2.75, 3.05) is 82.6 Å². The number of unbranched alkanes of at least 4 members (excludes halogenated alkanes) is 1. The summed E-state index contributed by atoms with van der Waals surface area (Å²) in [6, 6.07) is 0. The van der Waals surface area contributed by atoms with E-state index in [0.29, 0.717) is 0 Å². The first-order valence-corrected chi connectivity index (χ1v) is 6.84. The van der Waals surface area contributed by atoms with Gasteiger partial charge in [0.05, 0.1) is 0 Å². The van der Waals surface area contributed by atoms with Crippen LogP contribution in [0.25, 0.3) is 0 Å². The average molecular weight is 260 g/mol. The maximum atomic E-state index is 2.23. The van der Waals surface area contributed by atoms with Gasteiger partial charge in [0, 0.05) is 13.1 Å². The van der Waals surface area contributed by atoms with E-state index in [-0.39, 0.29) is 0 Å². The lowest BCUT2D eigenvalue weighted by atomic mass is 10.3. The fourth-order valence-electron chi connectivity index (χ4n) is 1.26. The van der Waals surface area contributed by atoms with Crippen molar-refractivity contribution < 1.29 is 0 Å². The molecular weight excluding hydrogens is 224 g/mol. The monoisotopic (exact) mass is 260 g/mol. The molecule has 4 nitrogen and oxygen atoms in total. The van der Waals surface area contributed by atoms with Gasteiger partial charge in [-0.15, -0.1) is 0 Å². The topological polar surface area (TPSA) is 13.0 Å². The van der Waals surface area contributed by atoms with Crippen LogP contribution in [0.4, 0.5) is 0 Å². The van der Waals surface area contributed by atoms with Gasteiger partial charge in [0.2, 0.25) is 0 Å². The smallest absolute Gasteiger partial charge is 0.0103 e. The van der Waals surface area contributed by atoms with Crippen LogP contribution in [-0.2, 0) is 0 Å². The first-order valence-electron chi connectivity index (χ1n) is 6.84. The van der Waals surface area contributed by atoms with Gasteiger partial charge >= 0.3 is 0 Å². The maximum Gasteiger partial charge on any atom is 0.0103 e. The van der Waals surface area contributed by atoms with Crippen molar-refractivity contribution in [1.82, 2.24) is 19.6 Å². The standard InChI is InChI=1S/C8H20N2.C6H16N2/c1-9(2)7-5-6-8-10(3)4;1-7(2)5-6-8(3)4/h5-8H2,1-4H3;5-6H2,1-4H3. The highest BCUT2D eigenvalue weighted by molar-refractivity contribution is 4.48. The number of nitrogens with zero attached hydrogens (tertiary/aromatic N) is 4. The molecule has 0 aliphatic carbocycles. The molecule has 0 bridgehead atoms. The van der Waals surface area contributed by atoms with Gasteiger partial charge < -0.3 is 19.6 Å². The van der Waals surface area contributed by atoms with Crippen LogP contribution in [0.3, 0.4) is 0 Å². The lowest BCUT2D eigenvalue weighted by molar-refractivity contribution is 0.320. The molecule has 0 fully saturated rings. The molecule has 0 atom stereocenters. The van der Waals surface area contributed by atoms with E-state index in [2.05, 4.69) is 76.0 Å². The van der Waals surface area contributed by atoms with Crippen LogP contribution in [-0.4, -0.2) is 102 Å². The summed E-state index contributed by atoms with van der Waals surface area (Å²) >= 11 is 0. The fourth-order valence-corrected chi connectivity index (χ4v) is 1.26. The van der Waals surface area contributed by atoms with Gasteiger partial charge in [-0.25, -0.2) is 0 Å². The zero-order chi connectivity index (χ0) is 14.6. The zero-order valence-electron chi connectivity index (χ0n) is 14.0. The molecule has 4 heteroatoms. The molecular formula is C14H36N4. The summed E-state index contributed by atoms with van der Waals surface area (Å²) in [5, 5.41) is 0. The SMILES string of the molecule is CN(C)CCCCN(C)C.CN(C)CCN(C)C. The minimum atomic E-state index is 1.15. The second-order valence-corrected chi connectivity index (χ2v) is 5.92. The quantitative estimate of drug-likeness (QED) is 0.604. The highest BCUT2D eigenvalue weighted by Crippen LogP contribution is 1.91. The molecule has 18 heavy (non-hydrogen) atoms. The Hall–Kier alpha value is -0.160. The van der Waals surface area contributed by atoms with Crippen LogP contribution in [0.1, 0.15) is 12.8 Å². The van der Waals surface area contributed by atoms with Crippen LogP contribution in [0.5, 0.6) is 0 Å². The molecule has 0 unspecified atom stereocenters. The van der Waals surface area contributed by atoms with Gasteiger partial charge in [-0.2, -0.15) is 0 Å². The Kier molecular flexibility index (Phi) is 14.9. The van der Waals surface area contributed by atoms with E-state index in [1.54, 1.807) is 0 Å². The first-order chi connectivity index (χ1) is 8.25. The molecule has 0 aromatic carbocycles. The number of likely N-dealkylation sites (N-methyl/N-ethyl adjacent to an activating group) is 2. The normalized spacial score (nSPS) is 11.3. The summed E-state index contributed by atoms with van der Waals surface area (Å²) in [6.07, 6.45) is 2.62. The van der Waals surface area contributed by atoms with E-state index < -0.39 is 0 Å². The summed E-state index contributed by atoms with van der Waals surface area (Å²) in [7, 11) is 16.8. The molecule has 0 aliphatic heterocycles. The van der Waals surface area contributed by atoms with Gasteiger partial charge in [0.15, 0.2) is 0 Å². The molecule has 0 rings (SSSR count). The van der Waals surface area contributed by atoms with E-state index in [4.69, 9.17) is 0 Å². The Labute approximate surface area is 116 Å². The van der Waals surface area contributed by atoms with Crippen LogP contribution in [0.15, 0.2) is 0 Å². The zero-order valence-corrected chi connectivity index (χ0v) is 14.0. The molecule has 0 aromatic rings. The van der Waals surface area contributed by atoms with E-state index in [1.807, 2.05) is 0 Å². The summed E-state index contributed by atoms with van der Waals surface area (Å²) in [4.78, 5) is 8.82. The molecule has 0 saturated heterocycles. The van der Waals surface area contributed by atoms with Crippen molar-refractivity contribution in [2.45, 2.75) is 12.8 Å². The fraction of sp³-hybridized carbons (Fsp3) is 1.00. The molecule has 0 radical (unpaired) electrons. The Morgan fingerprint density at radius 2 is 0.611 bits per heavy atom. The highest BCUT2D eigenvalue weighted by Gasteiger charge is 1.92. The van der Waals surface area contributed by atoms with Gasteiger partial charge in [-0.05, 0) is 82.3 Å². The minimum Gasteiger partial charge on any atom is -0.309 e. The maximum absolute atomic E-state index is 2.23. The van der Waals surface area contributed by atoms with E-state index in [0.717, 1.165) is 13.1 Å². The predicted octanol–water partition coefficient (Wildman–Crippen LogP) is 0.999. The second kappa shape index (κ2) is 13.3. The third-order valence-corrected chi connectivity index (χ3v) is 2.46. The minimum absolute atomic E-state index is 1.15. The van der Waals surface area contributed by atoms with Gasteiger partial charge in [-0.1, -0.05) is 0 Å². The van der Waals surface area contributed by atoms with Crippen molar-refractivity contribution in [1.29, 1.82) is 0 Å². The van der Waals surface area contributed by atoms with Crippen LogP contribution < -0.4 is 0 Å². The van der Waals surface area contributed by atoms with Crippen molar-refractivity contribution in [3.63, 3.8) is 0 Å². The van der Waals surface area contributed by atoms with Crippen LogP contribution >= 0.6 is 0 Å². The molecule has 0 heterocycles. The van der Waals surface area contributed by atoms with Crippen molar-refractivity contribution in [3.05, 3.63) is 0 Å². The van der Waals surface area contributed by atoms with Crippen molar-refractivity contribution in [2.24, 2.45) is 0 Å². The summed E-state index contributed by atoms with van der Waals surface area (Å²) in [6.45, 7) is 4.72. The van der Waals surface area contributed by atoms with Crippen molar-refractivity contribution >= 4 is 0 Å². The van der Waals surface area contributed by atoms with Crippen molar-refractivity contribution in [3.8, 4) is 0 Å². The Morgan fingerprint density at radius 1 is 0.389 bits per heavy atom. The average Bonchev–Trinajstić information content (AvgIpc) is 2.22. The van der Waals surface area contributed by atoms with E-state index >= 15 is 0 Å². The largest absolute Gasteiger partial charge is 0.309 e. The lowest BCUT2D eigenvalue weighted by Crippen LogP contribution is -2.25. The molecule has 0 N–H and O–H groups in total. The van der Waals surface area contributed by atoms with E-state index in [9.17, 15) is 0 Å². The molecule has 112 valence electrons. The van der Waals surface area contributed by atoms with Gasteiger partial charge in [0.1, 0.15) is 0 Å².